The van der Waals surface area contributed by atoms with Crippen molar-refractivity contribution >= 4 is 40.1 Å². The molecule has 0 heterocycles. The molecule has 2 aromatic carbocycles. The highest BCUT2D eigenvalue weighted by Crippen LogP contribution is 2.32. The number of halogens is 3. The summed E-state index contributed by atoms with van der Waals surface area (Å²) in [6.07, 6.45) is 0. The van der Waals surface area contributed by atoms with E-state index in [0.29, 0.717) is 4.31 Å². The number of anilines is 2. The number of amidine groups is 1. The molecule has 0 spiro atoms. The smallest absolute Gasteiger partial charge is 0.266 e. The molecule has 0 saturated heterocycles. The Morgan fingerprint density at radius 3 is 2.57 bits per heavy atom. The van der Waals surface area contributed by atoms with Gasteiger partial charge in [0.1, 0.15) is 5.82 Å². The molecule has 0 saturated carbocycles. The monoisotopic (exact) mass is 361 g/mol. The van der Waals surface area contributed by atoms with E-state index >= 15 is 0 Å². The number of nitrogens with zero attached hydrogens (tertiary/aromatic N) is 2. The van der Waals surface area contributed by atoms with Crippen molar-refractivity contribution in [3.8, 4) is 0 Å². The molecule has 0 aliphatic carbocycles. The summed E-state index contributed by atoms with van der Waals surface area (Å²) in [6, 6.07) is 7.52. The van der Waals surface area contributed by atoms with Gasteiger partial charge in [-0.2, -0.15) is 0 Å². The molecular formula is C13H10ClF2N3O3S. The van der Waals surface area contributed by atoms with Gasteiger partial charge in [0.05, 0.1) is 16.9 Å². The van der Waals surface area contributed by atoms with Gasteiger partial charge >= 0.3 is 0 Å². The Hall–Kier alpha value is -2.23. The first-order valence-electron chi connectivity index (χ1n) is 5.99. The predicted molar refractivity (Wildman–Crippen MR) is 83.2 cm³/mol. The van der Waals surface area contributed by atoms with Crippen LogP contribution < -0.4 is 10.0 Å². The molecule has 10 heteroatoms. The van der Waals surface area contributed by atoms with Gasteiger partial charge in [-0.05, 0) is 30.3 Å². The Labute approximate surface area is 137 Å². The van der Waals surface area contributed by atoms with Crippen LogP contribution in [0.25, 0.3) is 0 Å². The Balaban J connectivity index is 2.69. The van der Waals surface area contributed by atoms with Crippen LogP contribution in [0, 0.1) is 11.6 Å². The summed E-state index contributed by atoms with van der Waals surface area (Å²) in [5, 5.41) is 11.4. The third-order valence-corrected chi connectivity index (χ3v) is 3.81. The maximum atomic E-state index is 14.5. The molecule has 4 N–H and O–H groups in total. The van der Waals surface area contributed by atoms with Gasteiger partial charge in [0.25, 0.3) is 11.3 Å². The summed E-state index contributed by atoms with van der Waals surface area (Å²) in [5.41, 5.74) is 4.07. The normalized spacial score (nSPS) is 13.0. The summed E-state index contributed by atoms with van der Waals surface area (Å²) >= 11 is 3.13. The van der Waals surface area contributed by atoms with Gasteiger partial charge in [-0.3, -0.25) is 4.55 Å². The van der Waals surface area contributed by atoms with Crippen LogP contribution in [0.1, 0.15) is 5.56 Å². The molecule has 122 valence electrons. The van der Waals surface area contributed by atoms with E-state index in [4.69, 9.17) is 22.5 Å². The molecule has 1 unspecified atom stereocenters. The minimum Gasteiger partial charge on any atom is -0.409 e. The molecule has 0 fully saturated rings. The highest BCUT2D eigenvalue weighted by Gasteiger charge is 2.25. The van der Waals surface area contributed by atoms with E-state index in [1.54, 1.807) is 0 Å². The Morgan fingerprint density at radius 2 is 2.00 bits per heavy atom. The Kier molecular flexibility index (Phi) is 5.14. The van der Waals surface area contributed by atoms with Crippen LogP contribution in [-0.2, 0) is 11.3 Å². The number of hydrogen-bond acceptors (Lipinski definition) is 3. The van der Waals surface area contributed by atoms with Crippen LogP contribution in [-0.4, -0.2) is 19.8 Å². The minimum absolute atomic E-state index is 0.0919. The van der Waals surface area contributed by atoms with Gasteiger partial charge in [0.15, 0.2) is 11.7 Å². The molecule has 0 aliphatic heterocycles. The van der Waals surface area contributed by atoms with Gasteiger partial charge in [-0.25, -0.2) is 17.3 Å². The lowest BCUT2D eigenvalue weighted by atomic mass is 10.1. The summed E-state index contributed by atoms with van der Waals surface area (Å²) in [4.78, 5) is 0. The van der Waals surface area contributed by atoms with Crippen molar-refractivity contribution in [3.63, 3.8) is 0 Å². The van der Waals surface area contributed by atoms with E-state index in [1.807, 2.05) is 0 Å². The lowest BCUT2D eigenvalue weighted by molar-refractivity contribution is 0.318. The molecule has 1 atom stereocenters. The van der Waals surface area contributed by atoms with Crippen LogP contribution in [0.3, 0.4) is 0 Å². The maximum Gasteiger partial charge on any atom is 0.266 e. The van der Waals surface area contributed by atoms with Gasteiger partial charge in [-0.1, -0.05) is 22.8 Å². The fourth-order valence-corrected chi connectivity index (χ4v) is 2.69. The quantitative estimate of drug-likeness (QED) is 0.256. The second-order valence-electron chi connectivity index (χ2n) is 4.25. The lowest BCUT2D eigenvalue weighted by Gasteiger charge is -2.21. The molecule has 0 aliphatic rings. The lowest BCUT2D eigenvalue weighted by Crippen LogP contribution is -2.24. The van der Waals surface area contributed by atoms with Crippen molar-refractivity contribution in [2.24, 2.45) is 10.9 Å². The van der Waals surface area contributed by atoms with Crippen LogP contribution in [0.15, 0.2) is 41.6 Å². The maximum absolute atomic E-state index is 14.5. The van der Waals surface area contributed by atoms with E-state index in [-0.39, 0.29) is 10.7 Å². The summed E-state index contributed by atoms with van der Waals surface area (Å²) in [6.45, 7) is 0. The first-order valence-corrected chi connectivity index (χ1v) is 7.43. The van der Waals surface area contributed by atoms with Crippen LogP contribution in [0.5, 0.6) is 0 Å². The topological polar surface area (TPSA) is 99.2 Å². The molecule has 0 aromatic heterocycles. The predicted octanol–water partition coefficient (Wildman–Crippen LogP) is 2.99. The van der Waals surface area contributed by atoms with Crippen molar-refractivity contribution in [1.29, 1.82) is 0 Å². The second kappa shape index (κ2) is 6.90. The van der Waals surface area contributed by atoms with Crippen molar-refractivity contribution in [2.45, 2.75) is 0 Å². The van der Waals surface area contributed by atoms with Gasteiger partial charge < -0.3 is 10.9 Å². The average Bonchev–Trinajstić information content (AvgIpc) is 2.49. The highest BCUT2D eigenvalue weighted by molar-refractivity contribution is 7.81. The molecule has 0 bridgehead atoms. The van der Waals surface area contributed by atoms with Crippen molar-refractivity contribution in [2.75, 3.05) is 4.31 Å². The molecule has 6 nitrogen and oxygen atoms in total. The third kappa shape index (κ3) is 3.41. The van der Waals surface area contributed by atoms with Crippen LogP contribution in [0.4, 0.5) is 20.2 Å². The van der Waals surface area contributed by atoms with Gasteiger partial charge in [0, 0.05) is 5.02 Å². The number of benzene rings is 2. The third-order valence-electron chi connectivity index (χ3n) is 2.85. The van der Waals surface area contributed by atoms with E-state index in [0.717, 1.165) is 12.1 Å². The van der Waals surface area contributed by atoms with Crippen molar-refractivity contribution in [3.05, 3.63) is 58.6 Å². The second-order valence-corrected chi connectivity index (χ2v) is 5.51. The fraction of sp³-hybridized carbons (Fsp3) is 0. The van der Waals surface area contributed by atoms with Crippen LogP contribution in [0.2, 0.25) is 5.02 Å². The Bertz CT molecular complexity index is 804. The molecule has 23 heavy (non-hydrogen) atoms. The van der Waals surface area contributed by atoms with E-state index in [1.165, 1.54) is 24.3 Å². The van der Waals surface area contributed by atoms with Gasteiger partial charge in [0.2, 0.25) is 0 Å². The zero-order chi connectivity index (χ0) is 17.1. The fourth-order valence-electron chi connectivity index (χ4n) is 1.90. The average molecular weight is 362 g/mol. The van der Waals surface area contributed by atoms with Crippen molar-refractivity contribution < 1.29 is 22.7 Å². The standard InChI is InChI=1S/C13H10ClF2N3O3S/c14-7-2-1-3-8(6-7)19(23(21)22)10-5-4-9(15)11(12(10)16)13(17)18-20/h1-6,20H,(H2,17,18)(H,21,22). The van der Waals surface area contributed by atoms with Gasteiger partial charge in [-0.15, -0.1) is 0 Å². The SMILES string of the molecule is NC(=NO)c1c(F)ccc(N(c2cccc(Cl)c2)S(=O)O)c1F. The first-order chi connectivity index (χ1) is 10.9. The largest absolute Gasteiger partial charge is 0.409 e. The minimum atomic E-state index is -2.68. The number of rotatable bonds is 4. The van der Waals surface area contributed by atoms with E-state index in [2.05, 4.69) is 5.16 Å². The van der Waals surface area contributed by atoms with E-state index in [9.17, 15) is 17.5 Å². The van der Waals surface area contributed by atoms with Crippen LogP contribution >= 0.6 is 11.6 Å². The zero-order valence-corrected chi connectivity index (χ0v) is 12.9. The number of oxime groups is 1. The summed E-state index contributed by atoms with van der Waals surface area (Å²) in [7, 11) is 0. The molecule has 0 amide bonds. The highest BCUT2D eigenvalue weighted by atomic mass is 35.5. The summed E-state index contributed by atoms with van der Waals surface area (Å²) < 4.78 is 50.0. The number of nitrogens with two attached hydrogens (primary N) is 1. The first kappa shape index (κ1) is 17.1. The van der Waals surface area contributed by atoms with Crippen molar-refractivity contribution in [1.82, 2.24) is 0 Å². The summed E-state index contributed by atoms with van der Waals surface area (Å²) in [5.74, 6) is -3.16. The number of hydrogen-bond donors (Lipinski definition) is 3. The molecule has 2 aromatic rings. The zero-order valence-electron chi connectivity index (χ0n) is 11.3. The Morgan fingerprint density at radius 1 is 1.30 bits per heavy atom. The van der Waals surface area contributed by atoms with E-state index < -0.39 is 40.0 Å². The molecule has 0 radical (unpaired) electrons. The molecule has 2 rings (SSSR count). The molecular weight excluding hydrogens is 352 g/mol.